The maximum atomic E-state index is 12.4. The van der Waals surface area contributed by atoms with Crippen LogP contribution < -0.4 is 5.32 Å². The zero-order valence-electron chi connectivity index (χ0n) is 12.3. The largest absolute Gasteiger partial charge is 0.349 e. The molecule has 1 aliphatic heterocycles. The molecule has 5 heteroatoms. The third-order valence-electron chi connectivity index (χ3n) is 3.73. The van der Waals surface area contributed by atoms with E-state index in [1.165, 1.54) is 12.4 Å². The summed E-state index contributed by atoms with van der Waals surface area (Å²) in [6, 6.07) is 1.60. The van der Waals surface area contributed by atoms with E-state index < -0.39 is 0 Å². The van der Waals surface area contributed by atoms with Crippen LogP contribution in [0, 0.1) is 5.92 Å². The third kappa shape index (κ3) is 3.90. The second-order valence-corrected chi connectivity index (χ2v) is 5.44. The van der Waals surface area contributed by atoms with E-state index in [-0.39, 0.29) is 11.8 Å². The third-order valence-corrected chi connectivity index (χ3v) is 3.73. The van der Waals surface area contributed by atoms with Gasteiger partial charge in [-0.05, 0) is 24.8 Å². The predicted octanol–water partition coefficient (Wildman–Crippen LogP) is 1.87. The molecule has 0 bridgehead atoms. The Balaban J connectivity index is 2.07. The molecule has 2 rings (SSSR count). The smallest absolute Gasteiger partial charge is 0.255 e. The summed E-state index contributed by atoms with van der Waals surface area (Å²) in [4.78, 5) is 30.2. The van der Waals surface area contributed by atoms with Crippen molar-refractivity contribution in [3.8, 4) is 0 Å². The Bertz CT molecular complexity index is 534. The van der Waals surface area contributed by atoms with Crippen LogP contribution in [-0.4, -0.2) is 41.3 Å². The number of carbonyl (C=O) groups is 2. The number of rotatable bonds is 4. The van der Waals surface area contributed by atoms with Crippen molar-refractivity contribution in [2.75, 3.05) is 19.6 Å². The molecule has 0 aromatic carbocycles. The number of aromatic nitrogens is 1. The van der Waals surface area contributed by atoms with Crippen molar-refractivity contribution < 1.29 is 9.59 Å². The molecule has 2 amide bonds. The van der Waals surface area contributed by atoms with Gasteiger partial charge in [0.05, 0.1) is 11.1 Å². The lowest BCUT2D eigenvalue weighted by Crippen LogP contribution is -2.38. The lowest BCUT2D eigenvalue weighted by molar-refractivity contribution is 0.0697. The van der Waals surface area contributed by atoms with Crippen LogP contribution in [0.2, 0.25) is 0 Å². The number of nitrogens with zero attached hydrogens (tertiary/aromatic N) is 2. The van der Waals surface area contributed by atoms with Crippen LogP contribution in [0.1, 0.15) is 40.5 Å². The SMILES string of the molecule is C=CCNC(=O)c1cncc(C(=O)N2CCC(C)CC2)c1. The van der Waals surface area contributed by atoms with Gasteiger partial charge in [-0.25, -0.2) is 0 Å². The highest BCUT2D eigenvalue weighted by Crippen LogP contribution is 2.18. The fourth-order valence-electron chi connectivity index (χ4n) is 2.34. The number of nitrogens with one attached hydrogen (secondary N) is 1. The van der Waals surface area contributed by atoms with E-state index in [1.807, 2.05) is 4.90 Å². The molecule has 1 aromatic heterocycles. The molecule has 0 saturated carbocycles. The number of piperidine rings is 1. The van der Waals surface area contributed by atoms with E-state index in [0.29, 0.717) is 23.6 Å². The van der Waals surface area contributed by atoms with E-state index in [1.54, 1.807) is 12.1 Å². The van der Waals surface area contributed by atoms with Crippen LogP contribution in [0.15, 0.2) is 31.1 Å². The molecule has 1 saturated heterocycles. The van der Waals surface area contributed by atoms with Gasteiger partial charge in [-0.3, -0.25) is 14.6 Å². The first-order chi connectivity index (χ1) is 10.1. The fraction of sp³-hybridized carbons (Fsp3) is 0.438. The molecule has 112 valence electrons. The Labute approximate surface area is 125 Å². The van der Waals surface area contributed by atoms with Crippen molar-refractivity contribution in [1.82, 2.24) is 15.2 Å². The number of pyridine rings is 1. The molecule has 0 unspecified atom stereocenters. The molecular formula is C16H21N3O2. The number of amides is 2. The van der Waals surface area contributed by atoms with E-state index >= 15 is 0 Å². The topological polar surface area (TPSA) is 62.3 Å². The predicted molar refractivity (Wildman–Crippen MR) is 81.1 cm³/mol. The normalized spacial score (nSPS) is 15.6. The molecule has 0 aliphatic carbocycles. The Morgan fingerprint density at radius 3 is 2.71 bits per heavy atom. The molecule has 2 heterocycles. The molecular weight excluding hydrogens is 266 g/mol. The summed E-state index contributed by atoms with van der Waals surface area (Å²) in [5.74, 6) is 0.375. The summed E-state index contributed by atoms with van der Waals surface area (Å²) in [5.41, 5.74) is 0.865. The summed E-state index contributed by atoms with van der Waals surface area (Å²) in [7, 11) is 0. The monoisotopic (exact) mass is 287 g/mol. The second-order valence-electron chi connectivity index (χ2n) is 5.44. The van der Waals surface area contributed by atoms with Crippen LogP contribution >= 0.6 is 0 Å². The van der Waals surface area contributed by atoms with Crippen molar-refractivity contribution in [3.05, 3.63) is 42.2 Å². The highest BCUT2D eigenvalue weighted by atomic mass is 16.2. The average molecular weight is 287 g/mol. The molecule has 0 radical (unpaired) electrons. The maximum Gasteiger partial charge on any atom is 0.255 e. The van der Waals surface area contributed by atoms with Crippen LogP contribution in [0.4, 0.5) is 0 Å². The summed E-state index contributed by atoms with van der Waals surface area (Å²) in [6.45, 7) is 7.68. The lowest BCUT2D eigenvalue weighted by atomic mass is 9.98. The lowest BCUT2D eigenvalue weighted by Gasteiger charge is -2.30. The van der Waals surface area contributed by atoms with Gasteiger partial charge in [0, 0.05) is 32.0 Å². The zero-order chi connectivity index (χ0) is 15.2. The molecule has 1 aromatic rings. The van der Waals surface area contributed by atoms with E-state index in [2.05, 4.69) is 23.8 Å². The molecule has 1 fully saturated rings. The van der Waals surface area contributed by atoms with E-state index in [9.17, 15) is 9.59 Å². The minimum absolute atomic E-state index is 0.0484. The van der Waals surface area contributed by atoms with Crippen LogP contribution in [0.3, 0.4) is 0 Å². The first-order valence-electron chi connectivity index (χ1n) is 7.25. The minimum Gasteiger partial charge on any atom is -0.349 e. The number of carbonyl (C=O) groups excluding carboxylic acids is 2. The van der Waals surface area contributed by atoms with Gasteiger partial charge < -0.3 is 10.2 Å². The first-order valence-corrected chi connectivity index (χ1v) is 7.25. The Kier molecular flexibility index (Phi) is 5.09. The molecule has 0 atom stereocenters. The Hall–Kier alpha value is -2.17. The molecule has 1 N–H and O–H groups in total. The molecule has 21 heavy (non-hydrogen) atoms. The van der Waals surface area contributed by atoms with Gasteiger partial charge >= 0.3 is 0 Å². The van der Waals surface area contributed by atoms with Gasteiger partial charge in [0.25, 0.3) is 11.8 Å². The highest BCUT2D eigenvalue weighted by Gasteiger charge is 2.22. The minimum atomic E-state index is -0.246. The van der Waals surface area contributed by atoms with Gasteiger partial charge in [-0.2, -0.15) is 0 Å². The van der Waals surface area contributed by atoms with Gasteiger partial charge in [0.1, 0.15) is 0 Å². The quantitative estimate of drug-likeness (QED) is 0.860. The Morgan fingerprint density at radius 2 is 2.05 bits per heavy atom. The second kappa shape index (κ2) is 7.02. The van der Waals surface area contributed by atoms with Crippen molar-refractivity contribution in [1.29, 1.82) is 0 Å². The summed E-state index contributed by atoms with van der Waals surface area (Å²) < 4.78 is 0. The summed E-state index contributed by atoms with van der Waals surface area (Å²) in [6.07, 6.45) is 6.64. The van der Waals surface area contributed by atoms with Crippen molar-refractivity contribution >= 4 is 11.8 Å². The van der Waals surface area contributed by atoms with Crippen molar-refractivity contribution in [2.24, 2.45) is 5.92 Å². The summed E-state index contributed by atoms with van der Waals surface area (Å²) >= 11 is 0. The van der Waals surface area contributed by atoms with Gasteiger partial charge in [-0.15, -0.1) is 6.58 Å². The van der Waals surface area contributed by atoms with Crippen molar-refractivity contribution in [2.45, 2.75) is 19.8 Å². The number of hydrogen-bond donors (Lipinski definition) is 1. The van der Waals surface area contributed by atoms with Gasteiger partial charge in [-0.1, -0.05) is 13.0 Å². The zero-order valence-corrected chi connectivity index (χ0v) is 12.3. The molecule has 0 spiro atoms. The van der Waals surface area contributed by atoms with Crippen molar-refractivity contribution in [3.63, 3.8) is 0 Å². The number of likely N-dealkylation sites (tertiary alicyclic amines) is 1. The van der Waals surface area contributed by atoms with E-state index in [4.69, 9.17) is 0 Å². The molecule has 1 aliphatic rings. The van der Waals surface area contributed by atoms with Gasteiger partial charge in [0.2, 0.25) is 0 Å². The highest BCUT2D eigenvalue weighted by molar-refractivity contribution is 5.99. The van der Waals surface area contributed by atoms with Crippen LogP contribution in [-0.2, 0) is 0 Å². The number of hydrogen-bond acceptors (Lipinski definition) is 3. The Morgan fingerprint density at radius 1 is 1.38 bits per heavy atom. The molecule has 5 nitrogen and oxygen atoms in total. The first kappa shape index (κ1) is 15.2. The maximum absolute atomic E-state index is 12.4. The standard InChI is InChI=1S/C16H21N3O2/c1-3-6-18-15(20)13-9-14(11-17-10-13)16(21)19-7-4-12(2)5-8-19/h3,9-12H,1,4-8H2,2H3,(H,18,20). The fourth-order valence-corrected chi connectivity index (χ4v) is 2.34. The van der Waals surface area contributed by atoms with E-state index in [0.717, 1.165) is 25.9 Å². The van der Waals surface area contributed by atoms with Crippen LogP contribution in [0.25, 0.3) is 0 Å². The summed E-state index contributed by atoms with van der Waals surface area (Å²) in [5, 5.41) is 2.68. The van der Waals surface area contributed by atoms with Gasteiger partial charge in [0.15, 0.2) is 0 Å². The average Bonchev–Trinajstić information content (AvgIpc) is 2.52. The van der Waals surface area contributed by atoms with Crippen LogP contribution in [0.5, 0.6) is 0 Å².